The van der Waals surface area contributed by atoms with Crippen molar-refractivity contribution < 1.29 is 14.6 Å². The Bertz CT molecular complexity index is 646. The first kappa shape index (κ1) is 14.3. The third kappa shape index (κ3) is 3.93. The molecule has 5 heteroatoms. The second kappa shape index (κ2) is 6.34. The smallest absolute Gasteiger partial charge is 0.328 e. The van der Waals surface area contributed by atoms with Gasteiger partial charge in [-0.25, -0.2) is 9.78 Å². The molecule has 0 aliphatic carbocycles. The molecule has 0 amide bonds. The first-order valence-corrected chi connectivity index (χ1v) is 6.92. The minimum absolute atomic E-state index is 0.433. The van der Waals surface area contributed by atoms with Crippen molar-refractivity contribution in [3.63, 3.8) is 0 Å². The number of nitrogens with zero attached hydrogens (tertiary/aromatic N) is 1. The van der Waals surface area contributed by atoms with Gasteiger partial charge >= 0.3 is 5.97 Å². The molecule has 0 unspecified atom stereocenters. The van der Waals surface area contributed by atoms with Crippen LogP contribution in [-0.4, -0.2) is 16.1 Å². The Balaban J connectivity index is 2.15. The summed E-state index contributed by atoms with van der Waals surface area (Å²) in [5.74, 6) is -0.310. The van der Waals surface area contributed by atoms with Crippen LogP contribution >= 0.6 is 11.3 Å². The minimum Gasteiger partial charge on any atom is -0.487 e. The van der Waals surface area contributed by atoms with Crippen LogP contribution < -0.4 is 4.74 Å². The van der Waals surface area contributed by atoms with Gasteiger partial charge in [0, 0.05) is 17.8 Å². The number of carboxylic acid groups (broad SMARTS) is 1. The summed E-state index contributed by atoms with van der Waals surface area (Å²) in [5, 5.41) is 9.71. The molecule has 0 aliphatic rings. The number of ether oxygens (including phenoxy) is 1. The van der Waals surface area contributed by atoms with E-state index in [1.807, 2.05) is 32.0 Å². The van der Waals surface area contributed by atoms with Crippen LogP contribution in [0.1, 0.15) is 21.0 Å². The first-order chi connectivity index (χ1) is 9.54. The van der Waals surface area contributed by atoms with Crippen molar-refractivity contribution in [3.8, 4) is 5.75 Å². The van der Waals surface area contributed by atoms with Crippen LogP contribution in [0.4, 0.5) is 0 Å². The van der Waals surface area contributed by atoms with E-state index in [-0.39, 0.29) is 0 Å². The van der Waals surface area contributed by atoms with E-state index < -0.39 is 5.97 Å². The van der Waals surface area contributed by atoms with Gasteiger partial charge in [0.1, 0.15) is 12.4 Å². The van der Waals surface area contributed by atoms with E-state index in [4.69, 9.17) is 9.84 Å². The van der Waals surface area contributed by atoms with Gasteiger partial charge < -0.3 is 9.84 Å². The zero-order chi connectivity index (χ0) is 14.5. The molecule has 0 fully saturated rings. The van der Waals surface area contributed by atoms with Gasteiger partial charge in [0.2, 0.25) is 0 Å². The lowest BCUT2D eigenvalue weighted by molar-refractivity contribution is -0.131. The van der Waals surface area contributed by atoms with Gasteiger partial charge in [-0.15, -0.1) is 11.3 Å². The molecule has 1 aromatic carbocycles. The third-order valence-electron chi connectivity index (χ3n) is 2.61. The number of aromatic nitrogens is 1. The Hall–Kier alpha value is -2.14. The summed E-state index contributed by atoms with van der Waals surface area (Å²) in [4.78, 5) is 15.8. The van der Waals surface area contributed by atoms with Gasteiger partial charge in [-0.1, -0.05) is 11.6 Å². The number of aliphatic carboxylic acids is 1. The van der Waals surface area contributed by atoms with Crippen molar-refractivity contribution in [1.82, 2.24) is 4.98 Å². The van der Waals surface area contributed by atoms with Crippen molar-refractivity contribution in [2.75, 3.05) is 0 Å². The third-order valence-corrected chi connectivity index (χ3v) is 3.50. The number of aryl methyl sites for hydroxylation is 2. The number of benzene rings is 1. The number of thiazole rings is 1. The zero-order valence-electron chi connectivity index (χ0n) is 11.3. The Labute approximate surface area is 121 Å². The highest BCUT2D eigenvalue weighted by atomic mass is 32.1. The summed E-state index contributed by atoms with van der Waals surface area (Å²) < 4.78 is 5.75. The van der Waals surface area contributed by atoms with E-state index in [0.29, 0.717) is 12.4 Å². The second-order valence-electron chi connectivity index (χ2n) is 4.35. The largest absolute Gasteiger partial charge is 0.487 e. The van der Waals surface area contributed by atoms with E-state index in [1.54, 1.807) is 23.6 Å². The molecule has 0 aliphatic heterocycles. The molecule has 1 aromatic heterocycles. The molecule has 1 heterocycles. The maximum Gasteiger partial charge on any atom is 0.328 e. The van der Waals surface area contributed by atoms with Crippen LogP contribution in [0.2, 0.25) is 0 Å². The number of hydrogen-bond acceptors (Lipinski definition) is 4. The summed E-state index contributed by atoms with van der Waals surface area (Å²) in [6.45, 7) is 4.33. The van der Waals surface area contributed by atoms with E-state index in [0.717, 1.165) is 27.1 Å². The maximum absolute atomic E-state index is 10.6. The molecule has 0 spiro atoms. The topological polar surface area (TPSA) is 59.4 Å². The van der Waals surface area contributed by atoms with Crippen molar-refractivity contribution in [1.29, 1.82) is 0 Å². The van der Waals surface area contributed by atoms with Crippen LogP contribution in [0.25, 0.3) is 6.08 Å². The number of hydrogen-bond donors (Lipinski definition) is 1. The van der Waals surface area contributed by atoms with Gasteiger partial charge in [-0.05, 0) is 32.1 Å². The molecule has 0 bridgehead atoms. The molecule has 0 saturated heterocycles. The van der Waals surface area contributed by atoms with E-state index in [9.17, 15) is 4.79 Å². The van der Waals surface area contributed by atoms with E-state index >= 15 is 0 Å². The summed E-state index contributed by atoms with van der Waals surface area (Å²) in [6, 6.07) is 5.68. The Morgan fingerprint density at radius 2 is 2.25 bits per heavy atom. The molecule has 20 heavy (non-hydrogen) atoms. The quantitative estimate of drug-likeness (QED) is 0.857. The molecule has 2 rings (SSSR count). The van der Waals surface area contributed by atoms with Crippen molar-refractivity contribution in [3.05, 3.63) is 51.5 Å². The maximum atomic E-state index is 10.6. The molecule has 0 saturated carbocycles. The number of rotatable bonds is 5. The second-order valence-corrected chi connectivity index (χ2v) is 5.67. The van der Waals surface area contributed by atoms with Crippen molar-refractivity contribution >= 4 is 23.4 Å². The fourth-order valence-electron chi connectivity index (χ4n) is 1.71. The minimum atomic E-state index is -0.976. The average molecular weight is 289 g/mol. The van der Waals surface area contributed by atoms with Crippen LogP contribution in [0, 0.1) is 13.8 Å². The van der Waals surface area contributed by atoms with Gasteiger partial charge in [0.15, 0.2) is 0 Å². The Morgan fingerprint density at radius 3 is 2.90 bits per heavy atom. The summed E-state index contributed by atoms with van der Waals surface area (Å²) in [6.07, 6.45) is 4.45. The predicted molar refractivity (Wildman–Crippen MR) is 79.0 cm³/mol. The molecule has 2 aromatic rings. The van der Waals surface area contributed by atoms with Crippen molar-refractivity contribution in [2.24, 2.45) is 0 Å². The van der Waals surface area contributed by atoms with Gasteiger partial charge in [0.05, 0.1) is 9.88 Å². The molecule has 104 valence electrons. The standard InChI is InChI=1S/C15H15NO3S/c1-10-3-5-14(12(7-10)4-6-15(17)18)19-9-13-8-16-11(2)20-13/h3-8H,9H2,1-2H3,(H,17,18). The molecule has 0 radical (unpaired) electrons. The van der Waals surface area contributed by atoms with Gasteiger partial charge in [-0.3, -0.25) is 0 Å². The molecule has 4 nitrogen and oxygen atoms in total. The monoisotopic (exact) mass is 289 g/mol. The fraction of sp³-hybridized carbons (Fsp3) is 0.200. The van der Waals surface area contributed by atoms with E-state index in [1.165, 1.54) is 0 Å². The van der Waals surface area contributed by atoms with Gasteiger partial charge in [-0.2, -0.15) is 0 Å². The Kier molecular flexibility index (Phi) is 4.53. The lowest BCUT2D eigenvalue weighted by Crippen LogP contribution is -1.96. The highest BCUT2D eigenvalue weighted by Crippen LogP contribution is 2.23. The number of carboxylic acids is 1. The predicted octanol–water partition coefficient (Wildman–Crippen LogP) is 3.44. The van der Waals surface area contributed by atoms with Crippen LogP contribution in [-0.2, 0) is 11.4 Å². The summed E-state index contributed by atoms with van der Waals surface area (Å²) >= 11 is 1.59. The highest BCUT2D eigenvalue weighted by Gasteiger charge is 2.04. The molecular weight excluding hydrogens is 274 g/mol. The van der Waals surface area contributed by atoms with Crippen LogP contribution in [0.3, 0.4) is 0 Å². The lowest BCUT2D eigenvalue weighted by atomic mass is 10.1. The van der Waals surface area contributed by atoms with Crippen molar-refractivity contribution in [2.45, 2.75) is 20.5 Å². The summed E-state index contributed by atoms with van der Waals surface area (Å²) in [7, 11) is 0. The number of carbonyl (C=O) groups is 1. The van der Waals surface area contributed by atoms with Crippen LogP contribution in [0.5, 0.6) is 5.75 Å². The SMILES string of the molecule is Cc1ccc(OCc2cnc(C)s2)c(C=CC(=O)O)c1. The van der Waals surface area contributed by atoms with Crippen LogP contribution in [0.15, 0.2) is 30.5 Å². The zero-order valence-corrected chi connectivity index (χ0v) is 12.1. The van der Waals surface area contributed by atoms with E-state index in [2.05, 4.69) is 4.98 Å². The lowest BCUT2D eigenvalue weighted by Gasteiger charge is -2.09. The molecule has 0 atom stereocenters. The Morgan fingerprint density at radius 1 is 1.45 bits per heavy atom. The summed E-state index contributed by atoms with van der Waals surface area (Å²) in [5.41, 5.74) is 1.81. The first-order valence-electron chi connectivity index (χ1n) is 6.10. The fourth-order valence-corrected chi connectivity index (χ4v) is 2.42. The molecule has 1 N–H and O–H groups in total. The van der Waals surface area contributed by atoms with Gasteiger partial charge in [0.25, 0.3) is 0 Å². The normalized spacial score (nSPS) is 10.9. The highest BCUT2D eigenvalue weighted by molar-refractivity contribution is 7.11. The molecular formula is C15H15NO3S. The average Bonchev–Trinajstić information content (AvgIpc) is 2.81.